The van der Waals surface area contributed by atoms with E-state index in [1.807, 2.05) is 0 Å². The summed E-state index contributed by atoms with van der Waals surface area (Å²) in [7, 11) is -3.90. The van der Waals surface area contributed by atoms with Crippen LogP contribution in [0.2, 0.25) is 0 Å². The maximum Gasteiger partial charge on any atom is 0.256 e. The average Bonchev–Trinajstić information content (AvgIpc) is 2.95. The molecule has 0 radical (unpaired) electrons. The Bertz CT molecular complexity index is 1270. The van der Waals surface area contributed by atoms with Crippen molar-refractivity contribution in [2.24, 2.45) is 5.14 Å². The van der Waals surface area contributed by atoms with E-state index < -0.39 is 15.9 Å². The molecule has 1 aliphatic carbocycles. The Labute approximate surface area is 161 Å². The monoisotopic (exact) mass is 393 g/mol. The highest BCUT2D eigenvalue weighted by molar-refractivity contribution is 7.89. The zero-order valence-electron chi connectivity index (χ0n) is 14.5. The van der Waals surface area contributed by atoms with Gasteiger partial charge in [-0.1, -0.05) is 36.4 Å². The summed E-state index contributed by atoms with van der Waals surface area (Å²) in [4.78, 5) is 25.3. The third-order valence-corrected chi connectivity index (χ3v) is 5.51. The summed E-state index contributed by atoms with van der Waals surface area (Å²) in [6, 6.07) is 15.9. The highest BCUT2D eigenvalue weighted by atomic mass is 32.2. The van der Waals surface area contributed by atoms with Crippen LogP contribution >= 0.6 is 0 Å². The first kappa shape index (κ1) is 17.9. The summed E-state index contributed by atoms with van der Waals surface area (Å²) in [5, 5.41) is 7.75. The molecule has 4 rings (SSSR count). The van der Waals surface area contributed by atoms with Crippen LogP contribution in [0.5, 0.6) is 0 Å². The highest BCUT2D eigenvalue weighted by Crippen LogP contribution is 2.39. The molecule has 0 bridgehead atoms. The highest BCUT2D eigenvalue weighted by Gasteiger charge is 2.30. The van der Waals surface area contributed by atoms with Gasteiger partial charge in [-0.15, -0.1) is 0 Å². The molecule has 0 unspecified atom stereocenters. The first-order valence-electron chi connectivity index (χ1n) is 8.28. The van der Waals surface area contributed by atoms with Crippen molar-refractivity contribution in [1.29, 1.82) is 0 Å². The van der Waals surface area contributed by atoms with Crippen molar-refractivity contribution in [3.8, 4) is 11.1 Å². The van der Waals surface area contributed by atoms with Gasteiger partial charge in [-0.2, -0.15) is 0 Å². The molecule has 0 saturated carbocycles. The molecule has 0 aromatic heterocycles. The summed E-state index contributed by atoms with van der Waals surface area (Å²) >= 11 is 0. The van der Waals surface area contributed by atoms with E-state index in [1.54, 1.807) is 42.5 Å². The van der Waals surface area contributed by atoms with E-state index in [1.165, 1.54) is 18.2 Å². The fourth-order valence-electron chi connectivity index (χ4n) is 3.29. The molecule has 1 amide bonds. The number of hydrogen-bond acceptors (Lipinski definition) is 5. The Hall–Kier alpha value is -3.49. The van der Waals surface area contributed by atoms with Crippen LogP contribution in [0.3, 0.4) is 0 Å². The van der Waals surface area contributed by atoms with E-state index in [-0.39, 0.29) is 22.1 Å². The molecule has 0 saturated heterocycles. The van der Waals surface area contributed by atoms with Crippen molar-refractivity contribution in [2.75, 3.05) is 11.1 Å². The lowest BCUT2D eigenvalue weighted by molar-refractivity contribution is 0.102. The van der Waals surface area contributed by atoms with Crippen LogP contribution in [-0.4, -0.2) is 20.1 Å². The van der Waals surface area contributed by atoms with Gasteiger partial charge in [-0.05, 0) is 29.8 Å². The van der Waals surface area contributed by atoms with Crippen LogP contribution < -0.4 is 16.2 Å². The molecule has 3 aromatic rings. The number of benzene rings is 3. The second-order valence-corrected chi connectivity index (χ2v) is 7.91. The summed E-state index contributed by atoms with van der Waals surface area (Å²) < 4.78 is 22.8. The summed E-state index contributed by atoms with van der Waals surface area (Å²) in [5.74, 6) is -0.589. The minimum Gasteiger partial charge on any atom is -0.397 e. The average molecular weight is 393 g/mol. The van der Waals surface area contributed by atoms with E-state index in [4.69, 9.17) is 10.9 Å². The molecule has 7 nitrogen and oxygen atoms in total. The Morgan fingerprint density at radius 1 is 0.893 bits per heavy atom. The number of fused-ring (bicyclic) bond motifs is 3. The zero-order valence-corrected chi connectivity index (χ0v) is 15.3. The van der Waals surface area contributed by atoms with E-state index in [9.17, 15) is 18.0 Å². The van der Waals surface area contributed by atoms with Crippen molar-refractivity contribution in [3.05, 3.63) is 77.4 Å². The molecular formula is C20H15N3O4S. The Kier molecular flexibility index (Phi) is 4.02. The standard InChI is InChI=1S/C20H15N3O4S/c21-16-10-11(28(22,26)27)8-9-17(16)23-20(25)15-7-3-6-14-18(15)12-4-1-2-5-13(12)19(14)24/h1-10H,21H2,(H,23,25)(H2,22,26,27). The number of primary sulfonamides is 1. The number of hydrogen-bond donors (Lipinski definition) is 3. The summed E-state index contributed by atoms with van der Waals surface area (Å²) in [6.45, 7) is 0. The predicted molar refractivity (Wildman–Crippen MR) is 105 cm³/mol. The van der Waals surface area contributed by atoms with Gasteiger partial charge in [0.05, 0.1) is 16.3 Å². The van der Waals surface area contributed by atoms with Crippen LogP contribution in [-0.2, 0) is 10.0 Å². The van der Waals surface area contributed by atoms with Crippen molar-refractivity contribution >= 4 is 33.1 Å². The molecule has 140 valence electrons. The molecule has 1 aliphatic rings. The van der Waals surface area contributed by atoms with Gasteiger partial charge < -0.3 is 11.1 Å². The molecule has 0 spiro atoms. The first-order valence-corrected chi connectivity index (χ1v) is 9.83. The minimum atomic E-state index is -3.90. The molecule has 0 atom stereocenters. The lowest BCUT2D eigenvalue weighted by atomic mass is 9.99. The predicted octanol–water partition coefficient (Wildman–Crippen LogP) is 2.38. The van der Waals surface area contributed by atoms with Gasteiger partial charge in [-0.3, -0.25) is 9.59 Å². The van der Waals surface area contributed by atoms with E-state index >= 15 is 0 Å². The number of nitrogen functional groups attached to an aromatic ring is 1. The Balaban J connectivity index is 1.74. The van der Waals surface area contributed by atoms with Crippen molar-refractivity contribution in [2.45, 2.75) is 4.90 Å². The lowest BCUT2D eigenvalue weighted by Gasteiger charge is -2.12. The quantitative estimate of drug-likeness (QED) is 0.460. The van der Waals surface area contributed by atoms with Crippen LogP contribution in [0.15, 0.2) is 65.6 Å². The van der Waals surface area contributed by atoms with Gasteiger partial charge in [0, 0.05) is 22.3 Å². The molecule has 8 heteroatoms. The van der Waals surface area contributed by atoms with Crippen molar-refractivity contribution in [3.63, 3.8) is 0 Å². The number of rotatable bonds is 3. The number of nitrogens with one attached hydrogen (secondary N) is 1. The molecule has 0 heterocycles. The maximum absolute atomic E-state index is 12.9. The van der Waals surface area contributed by atoms with Gasteiger partial charge in [-0.25, -0.2) is 13.6 Å². The van der Waals surface area contributed by atoms with Crippen LogP contribution in [0.25, 0.3) is 11.1 Å². The van der Waals surface area contributed by atoms with Gasteiger partial charge in [0.2, 0.25) is 10.0 Å². The zero-order chi connectivity index (χ0) is 20.1. The number of sulfonamides is 1. The Morgan fingerprint density at radius 2 is 1.57 bits per heavy atom. The van der Waals surface area contributed by atoms with Crippen molar-refractivity contribution < 1.29 is 18.0 Å². The molecule has 3 aromatic carbocycles. The fraction of sp³-hybridized carbons (Fsp3) is 0. The fourth-order valence-corrected chi connectivity index (χ4v) is 3.84. The van der Waals surface area contributed by atoms with Gasteiger partial charge in [0.25, 0.3) is 5.91 Å². The van der Waals surface area contributed by atoms with Gasteiger partial charge in [0.1, 0.15) is 0 Å². The lowest BCUT2D eigenvalue weighted by Crippen LogP contribution is -2.16. The minimum absolute atomic E-state index is 0.0592. The molecule has 0 aliphatic heterocycles. The normalized spacial score (nSPS) is 12.4. The van der Waals surface area contributed by atoms with Gasteiger partial charge >= 0.3 is 0 Å². The number of amides is 1. The summed E-state index contributed by atoms with van der Waals surface area (Å²) in [5.41, 5.74) is 8.78. The second kappa shape index (κ2) is 6.29. The number of nitrogens with two attached hydrogens (primary N) is 2. The first-order chi connectivity index (χ1) is 13.3. The maximum atomic E-state index is 12.9. The number of carbonyl (C=O) groups excluding carboxylic acids is 2. The van der Waals surface area contributed by atoms with E-state index in [0.29, 0.717) is 27.8 Å². The summed E-state index contributed by atoms with van der Waals surface area (Å²) in [6.07, 6.45) is 0. The van der Waals surface area contributed by atoms with Crippen molar-refractivity contribution in [1.82, 2.24) is 0 Å². The number of carbonyl (C=O) groups is 2. The number of anilines is 2. The van der Waals surface area contributed by atoms with Crippen LogP contribution in [0.1, 0.15) is 26.3 Å². The van der Waals surface area contributed by atoms with Gasteiger partial charge in [0.15, 0.2) is 5.78 Å². The van der Waals surface area contributed by atoms with E-state index in [0.717, 1.165) is 0 Å². The molecule has 0 fully saturated rings. The third kappa shape index (κ3) is 2.84. The molecule has 5 N–H and O–H groups in total. The van der Waals surface area contributed by atoms with E-state index in [2.05, 4.69) is 5.32 Å². The van der Waals surface area contributed by atoms with Crippen LogP contribution in [0, 0.1) is 0 Å². The number of ketones is 1. The largest absolute Gasteiger partial charge is 0.397 e. The Morgan fingerprint density at radius 3 is 2.25 bits per heavy atom. The third-order valence-electron chi connectivity index (χ3n) is 4.59. The molecule has 28 heavy (non-hydrogen) atoms. The van der Waals surface area contributed by atoms with Crippen LogP contribution in [0.4, 0.5) is 11.4 Å². The molecular weight excluding hydrogens is 378 g/mol. The smallest absolute Gasteiger partial charge is 0.256 e. The second-order valence-electron chi connectivity index (χ2n) is 6.35. The SMILES string of the molecule is Nc1cc(S(N)(=O)=O)ccc1NC(=O)c1cccc2c1-c1ccccc1C2=O. The topological polar surface area (TPSA) is 132 Å².